The molecule has 0 unspecified atom stereocenters. The number of unbranched alkanes of at least 4 members (excludes halogenated alkanes) is 1. The number of nitrogens with zero attached hydrogens (tertiary/aromatic N) is 2. The molecule has 3 aromatic rings. The van der Waals surface area contributed by atoms with Crippen LogP contribution in [0.1, 0.15) is 42.3 Å². The van der Waals surface area contributed by atoms with Gasteiger partial charge >= 0.3 is 12.4 Å². The standard InChI is InChI=1S/C22H20F6N2O2/c1-2-3-4-19-29-20(30-32-19)15-7-10-18(17(13-15)22(26,27)28)31-12-11-14-5-8-16(9-6-14)21(23,24)25/h5-10,13H,2-4,11-12H2,1H3. The minimum Gasteiger partial charge on any atom is -0.493 e. The van der Waals surface area contributed by atoms with Crippen LogP contribution in [0.3, 0.4) is 0 Å². The Morgan fingerprint density at radius 3 is 2.25 bits per heavy atom. The van der Waals surface area contributed by atoms with Gasteiger partial charge in [-0.3, -0.25) is 0 Å². The van der Waals surface area contributed by atoms with Crippen molar-refractivity contribution in [1.82, 2.24) is 10.1 Å². The van der Waals surface area contributed by atoms with Gasteiger partial charge in [0.1, 0.15) is 5.75 Å². The van der Waals surface area contributed by atoms with Crippen molar-refractivity contribution in [1.29, 1.82) is 0 Å². The summed E-state index contributed by atoms with van der Waals surface area (Å²) in [5, 5.41) is 3.74. The van der Waals surface area contributed by atoms with E-state index >= 15 is 0 Å². The van der Waals surface area contributed by atoms with Gasteiger partial charge in [0.05, 0.1) is 17.7 Å². The van der Waals surface area contributed by atoms with Crippen molar-refractivity contribution in [3.8, 4) is 17.1 Å². The first-order valence-electron chi connectivity index (χ1n) is 9.91. The lowest BCUT2D eigenvalue weighted by Crippen LogP contribution is -2.11. The Morgan fingerprint density at radius 1 is 0.906 bits per heavy atom. The normalized spacial score (nSPS) is 12.2. The van der Waals surface area contributed by atoms with E-state index in [-0.39, 0.29) is 30.2 Å². The highest BCUT2D eigenvalue weighted by molar-refractivity contribution is 5.59. The van der Waals surface area contributed by atoms with Gasteiger partial charge < -0.3 is 9.26 Å². The zero-order chi connectivity index (χ0) is 23.4. The number of aryl methyl sites for hydroxylation is 1. The third-order valence-corrected chi connectivity index (χ3v) is 4.69. The van der Waals surface area contributed by atoms with E-state index in [1.54, 1.807) is 0 Å². The highest BCUT2D eigenvalue weighted by atomic mass is 19.4. The van der Waals surface area contributed by atoms with Gasteiger partial charge in [-0.05, 0) is 42.3 Å². The monoisotopic (exact) mass is 458 g/mol. The number of aromatic nitrogens is 2. The predicted molar refractivity (Wildman–Crippen MR) is 104 cm³/mol. The fourth-order valence-electron chi connectivity index (χ4n) is 2.96. The number of hydrogen-bond acceptors (Lipinski definition) is 4. The van der Waals surface area contributed by atoms with Crippen molar-refractivity contribution in [2.45, 2.75) is 45.0 Å². The first kappa shape index (κ1) is 23.6. The van der Waals surface area contributed by atoms with Crippen molar-refractivity contribution >= 4 is 0 Å². The Hall–Kier alpha value is -3.04. The summed E-state index contributed by atoms with van der Waals surface area (Å²) in [7, 11) is 0. The molecule has 3 rings (SSSR count). The molecule has 0 aliphatic rings. The van der Waals surface area contributed by atoms with E-state index < -0.39 is 23.5 Å². The molecule has 0 amide bonds. The molecule has 0 fully saturated rings. The largest absolute Gasteiger partial charge is 0.493 e. The Kier molecular flexibility index (Phi) is 7.10. The third-order valence-electron chi connectivity index (χ3n) is 4.69. The van der Waals surface area contributed by atoms with Gasteiger partial charge in [-0.2, -0.15) is 31.3 Å². The van der Waals surface area contributed by atoms with Gasteiger partial charge in [0.25, 0.3) is 0 Å². The summed E-state index contributed by atoms with van der Waals surface area (Å²) in [4.78, 5) is 4.13. The lowest BCUT2D eigenvalue weighted by atomic mass is 10.1. The maximum Gasteiger partial charge on any atom is 0.419 e. The number of hydrogen-bond donors (Lipinski definition) is 0. The molecule has 0 bridgehead atoms. The quantitative estimate of drug-likeness (QED) is 0.351. The summed E-state index contributed by atoms with van der Waals surface area (Å²) >= 11 is 0. The molecule has 0 atom stereocenters. The van der Waals surface area contributed by atoms with Gasteiger partial charge in [0, 0.05) is 18.4 Å². The Labute approximate surface area is 180 Å². The maximum absolute atomic E-state index is 13.6. The van der Waals surface area contributed by atoms with Gasteiger partial charge in [-0.25, -0.2) is 0 Å². The molecule has 172 valence electrons. The Balaban J connectivity index is 1.71. The first-order chi connectivity index (χ1) is 15.1. The van der Waals surface area contributed by atoms with E-state index in [4.69, 9.17) is 9.26 Å². The zero-order valence-electron chi connectivity index (χ0n) is 17.1. The van der Waals surface area contributed by atoms with E-state index in [2.05, 4.69) is 10.1 Å². The SMILES string of the molecule is CCCCc1nc(-c2ccc(OCCc3ccc(C(F)(F)F)cc3)c(C(F)(F)F)c2)no1. The van der Waals surface area contributed by atoms with Gasteiger partial charge in [-0.15, -0.1) is 0 Å². The smallest absolute Gasteiger partial charge is 0.419 e. The molecule has 0 radical (unpaired) electrons. The molecule has 10 heteroatoms. The fraction of sp³-hybridized carbons (Fsp3) is 0.364. The van der Waals surface area contributed by atoms with Gasteiger partial charge in [0.2, 0.25) is 11.7 Å². The minimum atomic E-state index is -4.69. The van der Waals surface area contributed by atoms with Crippen LogP contribution in [0, 0.1) is 0 Å². The average Bonchev–Trinajstić information content (AvgIpc) is 3.20. The summed E-state index contributed by atoms with van der Waals surface area (Å²) < 4.78 is 88.9. The highest BCUT2D eigenvalue weighted by Crippen LogP contribution is 2.38. The minimum absolute atomic E-state index is 0.0536. The lowest BCUT2D eigenvalue weighted by Gasteiger charge is -2.15. The molecule has 32 heavy (non-hydrogen) atoms. The molecular weight excluding hydrogens is 438 g/mol. The van der Waals surface area contributed by atoms with Crippen LogP contribution in [0.25, 0.3) is 11.4 Å². The lowest BCUT2D eigenvalue weighted by molar-refractivity contribution is -0.139. The number of alkyl halides is 6. The molecule has 1 aromatic heterocycles. The summed E-state index contributed by atoms with van der Waals surface area (Å²) in [5.41, 5.74) is -1.15. The molecule has 0 saturated carbocycles. The van der Waals surface area contributed by atoms with Crippen LogP contribution in [-0.4, -0.2) is 16.7 Å². The van der Waals surface area contributed by atoms with Crippen LogP contribution in [0.4, 0.5) is 26.3 Å². The van der Waals surface area contributed by atoms with Crippen molar-refractivity contribution in [3.05, 3.63) is 65.0 Å². The van der Waals surface area contributed by atoms with Crippen LogP contribution < -0.4 is 4.74 Å². The van der Waals surface area contributed by atoms with E-state index in [9.17, 15) is 26.3 Å². The zero-order valence-corrected chi connectivity index (χ0v) is 17.1. The second kappa shape index (κ2) is 9.62. The molecule has 2 aromatic carbocycles. The number of rotatable bonds is 8. The fourth-order valence-corrected chi connectivity index (χ4v) is 2.96. The summed E-state index contributed by atoms with van der Waals surface area (Å²) in [6, 6.07) is 7.85. The van der Waals surface area contributed by atoms with E-state index in [0.29, 0.717) is 17.9 Å². The van der Waals surface area contributed by atoms with E-state index in [0.717, 1.165) is 31.0 Å². The molecule has 0 aliphatic carbocycles. The van der Waals surface area contributed by atoms with Crippen molar-refractivity contribution in [2.24, 2.45) is 0 Å². The van der Waals surface area contributed by atoms with Gasteiger partial charge in [-0.1, -0.05) is 30.6 Å². The predicted octanol–water partition coefficient (Wildman–Crippen LogP) is 6.74. The highest BCUT2D eigenvalue weighted by Gasteiger charge is 2.35. The second-order valence-electron chi connectivity index (χ2n) is 7.12. The van der Waals surface area contributed by atoms with E-state index in [1.165, 1.54) is 24.3 Å². The van der Waals surface area contributed by atoms with Crippen molar-refractivity contribution < 1.29 is 35.6 Å². The van der Waals surface area contributed by atoms with Crippen molar-refractivity contribution in [3.63, 3.8) is 0 Å². The summed E-state index contributed by atoms with van der Waals surface area (Å²) in [5.74, 6) is 0.0213. The molecule has 1 heterocycles. The Bertz CT molecular complexity index is 1030. The van der Waals surface area contributed by atoms with Crippen LogP contribution in [0.2, 0.25) is 0 Å². The van der Waals surface area contributed by atoms with E-state index in [1.807, 2.05) is 6.92 Å². The molecule has 4 nitrogen and oxygen atoms in total. The molecule has 0 aliphatic heterocycles. The summed E-state index contributed by atoms with van der Waals surface area (Å²) in [6.45, 7) is 1.85. The van der Waals surface area contributed by atoms with Crippen LogP contribution in [0.5, 0.6) is 5.75 Å². The first-order valence-corrected chi connectivity index (χ1v) is 9.91. The molecular formula is C22H20F6N2O2. The Morgan fingerprint density at radius 2 is 1.62 bits per heavy atom. The van der Waals surface area contributed by atoms with Crippen LogP contribution in [-0.2, 0) is 25.2 Å². The number of halogens is 6. The summed E-state index contributed by atoms with van der Waals surface area (Å²) in [6.07, 6.45) is -6.72. The van der Waals surface area contributed by atoms with Crippen molar-refractivity contribution in [2.75, 3.05) is 6.61 Å². The molecule has 0 saturated heterocycles. The average molecular weight is 458 g/mol. The number of ether oxygens (including phenoxy) is 1. The third kappa shape index (κ3) is 6.02. The van der Waals surface area contributed by atoms with Gasteiger partial charge in [0.15, 0.2) is 0 Å². The molecule has 0 N–H and O–H groups in total. The second-order valence-corrected chi connectivity index (χ2v) is 7.12. The number of benzene rings is 2. The van der Waals surface area contributed by atoms with Crippen LogP contribution in [0.15, 0.2) is 47.0 Å². The maximum atomic E-state index is 13.6. The van der Waals surface area contributed by atoms with Crippen LogP contribution >= 0.6 is 0 Å². The topological polar surface area (TPSA) is 48.2 Å². The molecule has 0 spiro atoms.